The summed E-state index contributed by atoms with van der Waals surface area (Å²) in [5.41, 5.74) is 0.677. The minimum absolute atomic E-state index is 0.185. The molecule has 176 valence electrons. The van der Waals surface area contributed by atoms with Crippen LogP contribution in [0.4, 0.5) is 10.5 Å². The lowest BCUT2D eigenvalue weighted by Crippen LogP contribution is -2.30. The quantitative estimate of drug-likeness (QED) is 0.225. The third-order valence-corrected chi connectivity index (χ3v) is 6.02. The maximum Gasteiger partial charge on any atom is 0.412 e. The molecule has 0 spiro atoms. The Labute approximate surface area is 220 Å². The minimum atomic E-state index is -1.22. The van der Waals surface area contributed by atoms with Crippen molar-refractivity contribution in [1.29, 1.82) is 0 Å². The number of phenols is 1. The van der Waals surface area contributed by atoms with Crippen LogP contribution in [0, 0.1) is 0 Å². The highest BCUT2D eigenvalue weighted by Gasteiger charge is 2.31. The molecule has 1 amide bonds. The second-order valence-electron chi connectivity index (χ2n) is 6.88. The van der Waals surface area contributed by atoms with E-state index in [0.29, 0.717) is 20.4 Å². The number of halogens is 3. The van der Waals surface area contributed by atoms with E-state index in [1.165, 1.54) is 6.08 Å². The van der Waals surface area contributed by atoms with Gasteiger partial charge in [-0.15, -0.1) is 0 Å². The summed E-state index contributed by atoms with van der Waals surface area (Å²) in [4.78, 5) is 24.1. The number of anilines is 1. The van der Waals surface area contributed by atoms with Crippen molar-refractivity contribution in [3.05, 3.63) is 97.9 Å². The van der Waals surface area contributed by atoms with Gasteiger partial charge in [-0.1, -0.05) is 50.1 Å². The van der Waals surface area contributed by atoms with Crippen LogP contribution in [0.5, 0.6) is 11.5 Å². The summed E-state index contributed by atoms with van der Waals surface area (Å²) in [6.07, 6.45) is -1.00. The Kier molecular flexibility index (Phi) is 9.14. The maximum absolute atomic E-state index is 12.8. The highest BCUT2D eigenvalue weighted by Crippen LogP contribution is 2.39. The van der Waals surface area contributed by atoms with Gasteiger partial charge in [0.05, 0.1) is 4.47 Å². The summed E-state index contributed by atoms with van der Waals surface area (Å²) in [5, 5.41) is 22.5. The first-order valence-electron chi connectivity index (χ1n) is 9.77. The second-order valence-corrected chi connectivity index (χ2v) is 9.56. The Hall–Kier alpha value is -2.82. The zero-order chi connectivity index (χ0) is 24.7. The summed E-state index contributed by atoms with van der Waals surface area (Å²) in [6.45, 7) is 0. The summed E-state index contributed by atoms with van der Waals surface area (Å²) in [7, 11) is 0. The van der Waals surface area contributed by atoms with Gasteiger partial charge in [0, 0.05) is 26.3 Å². The van der Waals surface area contributed by atoms with E-state index in [1.807, 2.05) is 0 Å². The molecule has 0 aliphatic carbocycles. The lowest BCUT2D eigenvalue weighted by atomic mass is 10.0. The van der Waals surface area contributed by atoms with Gasteiger partial charge in [-0.25, -0.2) is 9.59 Å². The molecule has 0 heterocycles. The fraction of sp³-hybridized carbons (Fsp3) is 0.0833. The van der Waals surface area contributed by atoms with Gasteiger partial charge in [0.2, 0.25) is 0 Å². The van der Waals surface area contributed by atoms with Gasteiger partial charge in [0.15, 0.2) is 12.2 Å². The van der Waals surface area contributed by atoms with E-state index < -0.39 is 24.3 Å². The van der Waals surface area contributed by atoms with Crippen LogP contribution in [-0.4, -0.2) is 28.4 Å². The molecule has 0 aliphatic rings. The van der Waals surface area contributed by atoms with Gasteiger partial charge in [-0.3, -0.25) is 5.32 Å². The number of carboxylic acids is 1. The van der Waals surface area contributed by atoms with Crippen molar-refractivity contribution in [2.75, 3.05) is 5.32 Å². The van der Waals surface area contributed by atoms with Crippen molar-refractivity contribution >= 4 is 65.5 Å². The van der Waals surface area contributed by atoms with Crippen molar-refractivity contribution in [2.24, 2.45) is 0 Å². The van der Waals surface area contributed by atoms with Gasteiger partial charge in [0.25, 0.3) is 0 Å². The first kappa shape index (κ1) is 25.8. The smallest absolute Gasteiger partial charge is 0.412 e. The van der Waals surface area contributed by atoms with Crippen LogP contribution >= 0.6 is 47.8 Å². The van der Waals surface area contributed by atoms with Crippen LogP contribution < -0.4 is 10.1 Å². The molecule has 0 saturated heterocycles. The molecule has 3 rings (SSSR count). The van der Waals surface area contributed by atoms with Crippen LogP contribution in [0.2, 0.25) is 0 Å². The lowest BCUT2D eigenvalue weighted by Gasteiger charge is -2.27. The summed E-state index contributed by atoms with van der Waals surface area (Å²) >= 11 is 9.97. The number of aromatic hydroxyl groups is 1. The van der Waals surface area contributed by atoms with Gasteiger partial charge in [-0.2, -0.15) is 0 Å². The zero-order valence-electron chi connectivity index (χ0n) is 17.3. The van der Waals surface area contributed by atoms with Crippen molar-refractivity contribution in [2.45, 2.75) is 12.2 Å². The first-order chi connectivity index (χ1) is 16.2. The maximum atomic E-state index is 12.8. The number of benzene rings is 3. The Balaban J connectivity index is 2.01. The summed E-state index contributed by atoms with van der Waals surface area (Å²) in [5.74, 6) is -0.979. The fourth-order valence-electron chi connectivity index (χ4n) is 2.94. The molecule has 34 heavy (non-hydrogen) atoms. The van der Waals surface area contributed by atoms with Crippen molar-refractivity contribution in [1.82, 2.24) is 0 Å². The molecule has 0 radical (unpaired) electrons. The van der Waals surface area contributed by atoms with Gasteiger partial charge in [-0.05, 0) is 70.5 Å². The molecule has 0 bridgehead atoms. The third-order valence-electron chi connectivity index (χ3n) is 4.43. The molecule has 0 aromatic heterocycles. The number of carbonyl (C=O) groups is 2. The molecule has 3 N–H and O–H groups in total. The molecule has 2 atom stereocenters. The Morgan fingerprint density at radius 3 is 2.26 bits per heavy atom. The largest absolute Gasteiger partial charge is 0.506 e. The zero-order valence-corrected chi connectivity index (χ0v) is 22.1. The molecule has 3 aromatic carbocycles. The number of hydrogen-bond acceptors (Lipinski definition) is 5. The first-order valence-corrected chi connectivity index (χ1v) is 12.1. The van der Waals surface area contributed by atoms with Crippen LogP contribution in [0.25, 0.3) is 0 Å². The van der Waals surface area contributed by atoms with E-state index in [-0.39, 0.29) is 11.3 Å². The van der Waals surface area contributed by atoms with Gasteiger partial charge >= 0.3 is 12.1 Å². The highest BCUT2D eigenvalue weighted by molar-refractivity contribution is 9.11. The average molecular weight is 656 g/mol. The number of nitrogens with one attached hydrogen (secondary N) is 1. The number of carboxylic acid groups (broad SMARTS) is 1. The Morgan fingerprint density at radius 1 is 0.941 bits per heavy atom. The number of phenolic OH excluding ortho intramolecular Hbond substituents is 1. The highest BCUT2D eigenvalue weighted by atomic mass is 79.9. The molecule has 10 heteroatoms. The number of rotatable bonds is 8. The SMILES string of the molecule is O=C(O)/C=C/[C@@H](Oc1ccccc1)[C@H](OC(=O)Nc1ccc(Br)cc1)c1cc(Br)cc(Br)c1O. The monoisotopic (exact) mass is 653 g/mol. The van der Waals surface area contributed by atoms with Gasteiger partial charge in [0.1, 0.15) is 11.5 Å². The van der Waals surface area contributed by atoms with E-state index in [1.54, 1.807) is 66.7 Å². The van der Waals surface area contributed by atoms with Crippen molar-refractivity contribution in [3.8, 4) is 11.5 Å². The van der Waals surface area contributed by atoms with E-state index in [9.17, 15) is 19.8 Å². The molecular weight excluding hydrogens is 638 g/mol. The van der Waals surface area contributed by atoms with Crippen LogP contribution in [-0.2, 0) is 9.53 Å². The molecule has 3 aromatic rings. The van der Waals surface area contributed by atoms with E-state index in [2.05, 4.69) is 53.1 Å². The van der Waals surface area contributed by atoms with Crippen LogP contribution in [0.15, 0.2) is 92.3 Å². The number of para-hydroxylation sites is 1. The van der Waals surface area contributed by atoms with Crippen LogP contribution in [0.1, 0.15) is 11.7 Å². The van der Waals surface area contributed by atoms with E-state index in [0.717, 1.165) is 10.5 Å². The second kappa shape index (κ2) is 12.0. The summed E-state index contributed by atoms with van der Waals surface area (Å²) in [6, 6.07) is 18.7. The molecular formula is C24H18Br3NO6. The van der Waals surface area contributed by atoms with E-state index >= 15 is 0 Å². The van der Waals surface area contributed by atoms with Crippen LogP contribution in [0.3, 0.4) is 0 Å². The fourth-order valence-corrected chi connectivity index (χ4v) is 4.46. The Morgan fingerprint density at radius 2 is 1.62 bits per heavy atom. The number of hydrogen-bond donors (Lipinski definition) is 3. The topological polar surface area (TPSA) is 105 Å². The normalized spacial score (nSPS) is 12.7. The van der Waals surface area contributed by atoms with E-state index in [4.69, 9.17) is 9.47 Å². The molecule has 0 aliphatic heterocycles. The third kappa shape index (κ3) is 7.34. The molecule has 0 fully saturated rings. The number of carbonyl (C=O) groups excluding carboxylic acids is 1. The predicted octanol–water partition coefficient (Wildman–Crippen LogP) is 7.06. The van der Waals surface area contributed by atoms with Gasteiger partial charge < -0.3 is 19.7 Å². The predicted molar refractivity (Wildman–Crippen MR) is 138 cm³/mol. The molecule has 0 unspecified atom stereocenters. The minimum Gasteiger partial charge on any atom is -0.506 e. The molecule has 0 saturated carbocycles. The lowest BCUT2D eigenvalue weighted by molar-refractivity contribution is -0.131. The summed E-state index contributed by atoms with van der Waals surface area (Å²) < 4.78 is 13.5. The average Bonchev–Trinajstić information content (AvgIpc) is 2.80. The standard InChI is InChI=1S/C24H18Br3NO6/c25-14-6-8-16(9-7-14)28-24(32)34-23(18-12-15(26)13-19(27)22(18)31)20(10-11-21(29)30)33-17-4-2-1-3-5-17/h1-13,20,23,31H,(H,28,32)(H,29,30)/b11-10+/t20-,23-/m1/s1. The Bertz CT molecular complexity index is 1190. The van der Waals surface area contributed by atoms with Crippen molar-refractivity contribution < 1.29 is 29.3 Å². The van der Waals surface area contributed by atoms with Crippen molar-refractivity contribution in [3.63, 3.8) is 0 Å². The number of ether oxygens (including phenoxy) is 2. The molecule has 7 nitrogen and oxygen atoms in total. The number of aliphatic carboxylic acids is 1. The number of amides is 1.